The quantitative estimate of drug-likeness (QED) is 0.882. The third-order valence-corrected chi connectivity index (χ3v) is 5.53. The van der Waals surface area contributed by atoms with Gasteiger partial charge in [-0.25, -0.2) is 4.98 Å². The molecule has 2 saturated carbocycles. The second kappa shape index (κ2) is 5.38. The van der Waals surface area contributed by atoms with Crippen LogP contribution < -0.4 is 11.1 Å². The maximum Gasteiger partial charge on any atom is 0.231 e. The van der Waals surface area contributed by atoms with Gasteiger partial charge >= 0.3 is 0 Å². The number of hydrogen-bond donors (Lipinski definition) is 2. The van der Waals surface area contributed by atoms with Crippen molar-refractivity contribution >= 4 is 34.8 Å². The number of carbonyl (C=O) groups excluding carboxylic acids is 1. The highest BCUT2D eigenvalue weighted by atomic mass is 35.5. The van der Waals surface area contributed by atoms with Crippen molar-refractivity contribution in [2.45, 2.75) is 39.2 Å². The molecule has 1 aromatic heterocycles. The van der Waals surface area contributed by atoms with Crippen LogP contribution in [0.3, 0.4) is 0 Å². The number of nitrogens with one attached hydrogen (secondary N) is 1. The molecule has 106 valence electrons. The lowest BCUT2D eigenvalue weighted by Crippen LogP contribution is -2.42. The van der Waals surface area contributed by atoms with Crippen molar-refractivity contribution in [2.24, 2.45) is 23.5 Å². The van der Waals surface area contributed by atoms with Crippen LogP contribution >= 0.6 is 23.7 Å². The zero-order valence-electron chi connectivity index (χ0n) is 11.2. The molecule has 4 unspecified atom stereocenters. The number of carbonyl (C=O) groups is 1. The summed E-state index contributed by atoms with van der Waals surface area (Å²) in [5, 5.41) is 3.66. The number of aromatic nitrogens is 1. The zero-order chi connectivity index (χ0) is 12.9. The van der Waals surface area contributed by atoms with Gasteiger partial charge in [-0.2, -0.15) is 0 Å². The summed E-state index contributed by atoms with van der Waals surface area (Å²) in [6.45, 7) is 3.98. The summed E-state index contributed by atoms with van der Waals surface area (Å²) < 4.78 is 0. The fourth-order valence-electron chi connectivity index (χ4n) is 3.44. The van der Waals surface area contributed by atoms with Crippen LogP contribution in [-0.2, 0) is 4.79 Å². The van der Waals surface area contributed by atoms with Crippen molar-refractivity contribution in [1.29, 1.82) is 0 Å². The van der Waals surface area contributed by atoms with Gasteiger partial charge in [0.15, 0.2) is 5.13 Å². The van der Waals surface area contributed by atoms with E-state index in [0.29, 0.717) is 17.0 Å². The van der Waals surface area contributed by atoms with Crippen molar-refractivity contribution in [1.82, 2.24) is 4.98 Å². The molecule has 0 spiro atoms. The molecule has 19 heavy (non-hydrogen) atoms. The summed E-state index contributed by atoms with van der Waals surface area (Å²) in [4.78, 5) is 17.8. The first-order chi connectivity index (χ1) is 8.56. The SMILES string of the molecule is Cc1nc(NC(=O)C2C3CCC(C3)C2N)sc1C.Cl. The van der Waals surface area contributed by atoms with Gasteiger partial charge in [-0.15, -0.1) is 23.7 Å². The van der Waals surface area contributed by atoms with Gasteiger partial charge in [0.2, 0.25) is 5.91 Å². The van der Waals surface area contributed by atoms with E-state index in [0.717, 1.165) is 23.4 Å². The van der Waals surface area contributed by atoms with Crippen LogP contribution in [0.15, 0.2) is 0 Å². The van der Waals surface area contributed by atoms with Gasteiger partial charge in [-0.05, 0) is 44.9 Å². The molecule has 0 radical (unpaired) electrons. The van der Waals surface area contributed by atoms with Crippen LogP contribution in [0.4, 0.5) is 5.13 Å². The molecule has 6 heteroatoms. The predicted octanol–water partition coefficient (Wildman–Crippen LogP) is 2.49. The fourth-order valence-corrected chi connectivity index (χ4v) is 4.26. The van der Waals surface area contributed by atoms with Gasteiger partial charge in [-0.1, -0.05) is 0 Å². The van der Waals surface area contributed by atoms with Gasteiger partial charge in [-0.3, -0.25) is 4.79 Å². The molecule has 0 aliphatic heterocycles. The number of aryl methyl sites for hydroxylation is 2. The van der Waals surface area contributed by atoms with Crippen LogP contribution in [0.1, 0.15) is 29.8 Å². The number of fused-ring (bicyclic) bond motifs is 2. The fraction of sp³-hybridized carbons (Fsp3) is 0.692. The Bertz CT molecular complexity index is 469. The average Bonchev–Trinajstić information content (AvgIpc) is 2.95. The largest absolute Gasteiger partial charge is 0.327 e. The van der Waals surface area contributed by atoms with E-state index in [-0.39, 0.29) is 30.3 Å². The average molecular weight is 302 g/mol. The monoisotopic (exact) mass is 301 g/mol. The molecule has 3 rings (SSSR count). The van der Waals surface area contributed by atoms with E-state index in [1.54, 1.807) is 0 Å². The summed E-state index contributed by atoms with van der Waals surface area (Å²) in [5.41, 5.74) is 7.17. The van der Waals surface area contributed by atoms with Crippen molar-refractivity contribution in [2.75, 3.05) is 5.32 Å². The molecular weight excluding hydrogens is 282 g/mol. The summed E-state index contributed by atoms with van der Waals surface area (Å²) in [6.07, 6.45) is 3.49. The van der Waals surface area contributed by atoms with Crippen LogP contribution in [-0.4, -0.2) is 16.9 Å². The molecule has 1 heterocycles. The Kier molecular flexibility index (Phi) is 4.18. The Morgan fingerprint density at radius 2 is 2.05 bits per heavy atom. The van der Waals surface area contributed by atoms with E-state index in [2.05, 4.69) is 10.3 Å². The van der Waals surface area contributed by atoms with Gasteiger partial charge in [0.25, 0.3) is 0 Å². The minimum atomic E-state index is -0.00624. The maximum atomic E-state index is 12.3. The first-order valence-electron chi connectivity index (χ1n) is 6.56. The molecule has 0 aromatic carbocycles. The number of nitrogens with zero attached hydrogens (tertiary/aromatic N) is 1. The second-order valence-corrected chi connectivity index (χ2v) is 6.79. The minimum absolute atomic E-state index is 0. The molecule has 1 aromatic rings. The van der Waals surface area contributed by atoms with Gasteiger partial charge in [0.1, 0.15) is 0 Å². The van der Waals surface area contributed by atoms with E-state index in [1.165, 1.54) is 17.8 Å². The standard InChI is InChI=1S/C13H19N3OS.ClH/c1-6-7(2)18-13(15-6)16-12(17)10-8-3-4-9(5-8)11(10)14;/h8-11H,3-5,14H2,1-2H3,(H,15,16,17);1H. The predicted molar refractivity (Wildman–Crippen MR) is 79.8 cm³/mol. The number of rotatable bonds is 2. The van der Waals surface area contributed by atoms with Crippen LogP contribution in [0.25, 0.3) is 0 Å². The van der Waals surface area contributed by atoms with Gasteiger partial charge in [0.05, 0.1) is 11.6 Å². The molecule has 3 N–H and O–H groups in total. The van der Waals surface area contributed by atoms with Crippen molar-refractivity contribution in [3.05, 3.63) is 10.6 Å². The smallest absolute Gasteiger partial charge is 0.231 e. The number of nitrogens with two attached hydrogens (primary N) is 1. The molecule has 1 amide bonds. The van der Waals surface area contributed by atoms with Gasteiger partial charge in [0, 0.05) is 10.9 Å². The van der Waals surface area contributed by atoms with Crippen molar-refractivity contribution in [3.63, 3.8) is 0 Å². The van der Waals surface area contributed by atoms with E-state index in [1.807, 2.05) is 13.8 Å². The number of hydrogen-bond acceptors (Lipinski definition) is 4. The second-order valence-electron chi connectivity index (χ2n) is 5.59. The Balaban J connectivity index is 0.00000133. The Hall–Kier alpha value is -0.650. The normalized spacial score (nSPS) is 32.2. The first-order valence-corrected chi connectivity index (χ1v) is 7.38. The van der Waals surface area contributed by atoms with Crippen LogP contribution in [0.5, 0.6) is 0 Å². The van der Waals surface area contributed by atoms with E-state index in [4.69, 9.17) is 5.73 Å². The number of thiazole rings is 1. The van der Waals surface area contributed by atoms with Crippen LogP contribution in [0.2, 0.25) is 0 Å². The molecular formula is C13H20ClN3OS. The third-order valence-electron chi connectivity index (χ3n) is 4.54. The lowest BCUT2D eigenvalue weighted by atomic mass is 9.84. The molecule has 2 aliphatic carbocycles. The Morgan fingerprint density at radius 1 is 1.37 bits per heavy atom. The molecule has 0 saturated heterocycles. The zero-order valence-corrected chi connectivity index (χ0v) is 12.8. The van der Waals surface area contributed by atoms with Crippen LogP contribution in [0, 0.1) is 31.6 Å². The number of amides is 1. The summed E-state index contributed by atoms with van der Waals surface area (Å²) >= 11 is 1.54. The number of halogens is 1. The van der Waals surface area contributed by atoms with E-state index >= 15 is 0 Å². The van der Waals surface area contributed by atoms with E-state index < -0.39 is 0 Å². The van der Waals surface area contributed by atoms with Gasteiger partial charge < -0.3 is 11.1 Å². The Morgan fingerprint density at radius 3 is 2.58 bits per heavy atom. The molecule has 2 bridgehead atoms. The highest BCUT2D eigenvalue weighted by Crippen LogP contribution is 2.48. The molecule has 4 nitrogen and oxygen atoms in total. The minimum Gasteiger partial charge on any atom is -0.327 e. The molecule has 2 aliphatic rings. The Labute approximate surface area is 123 Å². The summed E-state index contributed by atoms with van der Waals surface area (Å²) in [5.74, 6) is 1.12. The van der Waals surface area contributed by atoms with Crippen molar-refractivity contribution in [3.8, 4) is 0 Å². The lowest BCUT2D eigenvalue weighted by molar-refractivity contribution is -0.121. The van der Waals surface area contributed by atoms with Crippen molar-refractivity contribution < 1.29 is 4.79 Å². The summed E-state index contributed by atoms with van der Waals surface area (Å²) in [6, 6.07) is 0.0471. The molecule has 4 atom stereocenters. The summed E-state index contributed by atoms with van der Waals surface area (Å²) in [7, 11) is 0. The highest BCUT2D eigenvalue weighted by molar-refractivity contribution is 7.15. The lowest BCUT2D eigenvalue weighted by Gasteiger charge is -2.26. The number of anilines is 1. The van der Waals surface area contributed by atoms with E-state index in [9.17, 15) is 4.79 Å². The highest BCUT2D eigenvalue weighted by Gasteiger charge is 2.49. The third kappa shape index (κ3) is 2.51. The topological polar surface area (TPSA) is 68.0 Å². The maximum absolute atomic E-state index is 12.3. The first kappa shape index (κ1) is 14.8. The molecule has 2 fully saturated rings.